The van der Waals surface area contributed by atoms with Gasteiger partial charge in [0.25, 0.3) is 0 Å². The molecule has 1 unspecified atom stereocenters. The first kappa shape index (κ1) is 42.8. The van der Waals surface area contributed by atoms with Gasteiger partial charge in [0, 0.05) is 20.0 Å². The van der Waals surface area contributed by atoms with Crippen LogP contribution in [0.5, 0.6) is 0 Å². The molecular formula is C27H45N4O16P. The second-order valence-electron chi connectivity index (χ2n) is 10.8. The van der Waals surface area contributed by atoms with Crippen LogP contribution in [0.25, 0.3) is 0 Å². The molecule has 1 rings (SSSR count). The molecule has 0 aromatic rings. The maximum atomic E-state index is 12.9. The number of amides is 3. The van der Waals surface area contributed by atoms with Gasteiger partial charge in [-0.1, -0.05) is 19.8 Å². The smallest absolute Gasteiger partial charge is 0.474 e. The Balaban J connectivity index is 3.08. The summed E-state index contributed by atoms with van der Waals surface area (Å²) < 4.78 is 39.0. The van der Waals surface area contributed by atoms with Crippen molar-refractivity contribution in [1.29, 1.82) is 5.26 Å². The lowest BCUT2D eigenvalue weighted by molar-refractivity contribution is -0.261. The second kappa shape index (κ2) is 21.0. The Bertz CT molecular complexity index is 1180. The van der Waals surface area contributed by atoms with Gasteiger partial charge < -0.3 is 55.5 Å². The highest BCUT2D eigenvalue weighted by molar-refractivity contribution is 7.47. The van der Waals surface area contributed by atoms with Crippen LogP contribution in [0.15, 0.2) is 0 Å². The summed E-state index contributed by atoms with van der Waals surface area (Å²) in [6.07, 6.45) is -8.32. The van der Waals surface area contributed by atoms with E-state index in [1.807, 2.05) is 6.92 Å². The van der Waals surface area contributed by atoms with Crippen molar-refractivity contribution < 1.29 is 77.1 Å². The van der Waals surface area contributed by atoms with Crippen molar-refractivity contribution in [2.45, 2.75) is 115 Å². The number of phosphoric acid groups is 1. The summed E-state index contributed by atoms with van der Waals surface area (Å²) in [4.78, 5) is 70.8. The van der Waals surface area contributed by atoms with Gasteiger partial charge in [-0.3, -0.25) is 23.4 Å². The number of unbranched alkanes of at least 4 members (excludes halogenated alkanes) is 2. The highest BCUT2D eigenvalue weighted by Crippen LogP contribution is 2.47. The van der Waals surface area contributed by atoms with E-state index >= 15 is 0 Å². The zero-order valence-corrected chi connectivity index (χ0v) is 27.9. The molecule has 3 amide bonds. The van der Waals surface area contributed by atoms with E-state index in [-0.39, 0.29) is 19.4 Å². The van der Waals surface area contributed by atoms with Crippen LogP contribution >= 0.6 is 7.82 Å². The zero-order chi connectivity index (χ0) is 36.6. The van der Waals surface area contributed by atoms with Crippen molar-refractivity contribution in [2.24, 2.45) is 0 Å². The molecule has 48 heavy (non-hydrogen) atoms. The number of rotatable bonds is 22. The summed E-state index contributed by atoms with van der Waals surface area (Å²) in [5.74, 6) is -5.49. The average molecular weight is 713 g/mol. The number of nitrogens with one attached hydrogen (secondary N) is 3. The lowest BCUT2D eigenvalue weighted by atomic mass is 9.96. The normalized spacial score (nSPS) is 24.5. The fraction of sp³-hybridized carbons (Fsp3) is 0.778. The third-order valence-electron chi connectivity index (χ3n) is 6.83. The first-order valence-corrected chi connectivity index (χ1v) is 16.5. The van der Waals surface area contributed by atoms with Crippen molar-refractivity contribution in [3.63, 3.8) is 0 Å². The number of hydrogen-bond acceptors (Lipinski definition) is 14. The average Bonchev–Trinajstić information content (AvgIpc) is 3.00. The van der Waals surface area contributed by atoms with Crippen molar-refractivity contribution in [2.75, 3.05) is 19.8 Å². The number of carbonyl (C=O) groups is 5. The predicted octanol–water partition coefficient (Wildman–Crippen LogP) is -1.49. The topological polar surface area (TPSA) is 310 Å². The first-order chi connectivity index (χ1) is 22.5. The summed E-state index contributed by atoms with van der Waals surface area (Å²) in [7, 11) is -5.19. The molecule has 0 aliphatic carbocycles. The number of nitriles is 1. The molecule has 0 saturated carbocycles. The summed E-state index contributed by atoms with van der Waals surface area (Å²) in [5.41, 5.74) is 0. The number of aliphatic carboxylic acids is 2. The predicted molar refractivity (Wildman–Crippen MR) is 159 cm³/mol. The third kappa shape index (κ3) is 14.5. The molecule has 0 aromatic heterocycles. The minimum Gasteiger partial charge on any atom is -0.480 e. The zero-order valence-electron chi connectivity index (χ0n) is 27.0. The molecule has 8 N–H and O–H groups in total. The van der Waals surface area contributed by atoms with Crippen LogP contribution in [0.3, 0.4) is 0 Å². The lowest BCUT2D eigenvalue weighted by Gasteiger charge is -2.44. The van der Waals surface area contributed by atoms with E-state index in [4.69, 9.17) is 28.5 Å². The minimum atomic E-state index is -5.19. The summed E-state index contributed by atoms with van der Waals surface area (Å²) in [6.45, 7) is 3.61. The fourth-order valence-corrected chi connectivity index (χ4v) is 5.08. The van der Waals surface area contributed by atoms with Gasteiger partial charge in [0.2, 0.25) is 17.7 Å². The Morgan fingerprint density at radius 1 is 1.06 bits per heavy atom. The molecule has 1 aliphatic rings. The monoisotopic (exact) mass is 712 g/mol. The highest BCUT2D eigenvalue weighted by atomic mass is 31.2. The van der Waals surface area contributed by atoms with Crippen LogP contribution in [0.1, 0.15) is 59.8 Å². The minimum absolute atomic E-state index is 0.0383. The van der Waals surface area contributed by atoms with Crippen LogP contribution in [0, 0.1) is 11.3 Å². The van der Waals surface area contributed by atoms with Gasteiger partial charge >= 0.3 is 19.8 Å². The number of carboxylic acid groups (broad SMARTS) is 2. The number of hydrogen-bond donors (Lipinski definition) is 8. The molecule has 1 saturated heterocycles. The number of carboxylic acids is 2. The molecule has 20 nitrogen and oxygen atoms in total. The van der Waals surface area contributed by atoms with Gasteiger partial charge in [0.15, 0.2) is 12.4 Å². The van der Waals surface area contributed by atoms with E-state index in [0.717, 1.165) is 19.8 Å². The van der Waals surface area contributed by atoms with Gasteiger partial charge in [-0.2, -0.15) is 5.26 Å². The molecule has 1 heterocycles. The van der Waals surface area contributed by atoms with Crippen LogP contribution in [0.4, 0.5) is 0 Å². The molecule has 1 fully saturated rings. The number of ether oxygens (including phenoxy) is 3. The largest absolute Gasteiger partial charge is 0.480 e. The van der Waals surface area contributed by atoms with Crippen molar-refractivity contribution in [1.82, 2.24) is 16.0 Å². The summed E-state index contributed by atoms with van der Waals surface area (Å²) >= 11 is 0. The van der Waals surface area contributed by atoms with Crippen molar-refractivity contribution >= 4 is 37.5 Å². The molecule has 10 atom stereocenters. The summed E-state index contributed by atoms with van der Waals surface area (Å²) in [6, 6.07) is -2.56. The quantitative estimate of drug-likeness (QED) is 0.0468. The van der Waals surface area contributed by atoms with E-state index in [1.165, 1.54) is 13.8 Å². The molecule has 274 valence electrons. The van der Waals surface area contributed by atoms with Crippen LogP contribution in [0.2, 0.25) is 0 Å². The SMILES string of the molecule is CCCCCO[C@H](COP(=O)(O)O[C@H]1O[C@H](CO)[C@@H](O)[C@H](O[C@H](C)C(=O)N[C@@H](C)C(=O)N[C@H](CCC#N)C(=O)O)[C@H]1NC(C)=O)C(=O)O. The maximum Gasteiger partial charge on any atom is 0.474 e. The van der Waals surface area contributed by atoms with Gasteiger partial charge in [0.1, 0.15) is 42.5 Å². The Morgan fingerprint density at radius 3 is 2.27 bits per heavy atom. The Kier molecular flexibility index (Phi) is 18.7. The number of aliphatic hydroxyl groups excluding tert-OH is 2. The van der Waals surface area contributed by atoms with Gasteiger partial charge in [-0.05, 0) is 26.7 Å². The Hall–Kier alpha value is -3.25. The van der Waals surface area contributed by atoms with Crippen molar-refractivity contribution in [3.8, 4) is 6.07 Å². The Morgan fingerprint density at radius 2 is 1.73 bits per heavy atom. The van der Waals surface area contributed by atoms with E-state index in [0.29, 0.717) is 6.42 Å². The standard InChI is InChI=1S/C27H45N4O16P/c1-5-6-7-11-43-19(26(39)40)13-44-48(41,42)47-27-20(30-16(4)33)22(21(34)18(12-32)46-27)45-15(3)24(36)29-14(2)23(35)31-17(25(37)38)9-8-10-28/h14-15,17-22,27,32,34H,5-9,11-13H2,1-4H3,(H,29,36)(H,30,33)(H,31,35)(H,37,38)(H,39,40)(H,41,42)/t14-,15+,17+,18+,19+,20+,21+,22+,27+/m0/s1. The number of phosphoric ester groups is 1. The van der Waals surface area contributed by atoms with E-state index in [9.17, 15) is 53.9 Å². The molecule has 21 heteroatoms. The van der Waals surface area contributed by atoms with E-state index < -0.39 is 106 Å². The first-order valence-electron chi connectivity index (χ1n) is 15.0. The molecule has 0 radical (unpaired) electrons. The van der Waals surface area contributed by atoms with Gasteiger partial charge in [-0.15, -0.1) is 0 Å². The molecule has 0 spiro atoms. The van der Waals surface area contributed by atoms with Gasteiger partial charge in [-0.25, -0.2) is 14.2 Å². The fourth-order valence-electron chi connectivity index (χ4n) is 4.26. The second-order valence-corrected chi connectivity index (χ2v) is 12.2. The van der Waals surface area contributed by atoms with Gasteiger partial charge in [0.05, 0.1) is 19.3 Å². The number of nitrogens with zero attached hydrogens (tertiary/aromatic N) is 1. The van der Waals surface area contributed by atoms with Crippen molar-refractivity contribution in [3.05, 3.63) is 0 Å². The maximum absolute atomic E-state index is 12.9. The van der Waals surface area contributed by atoms with Crippen LogP contribution in [-0.4, -0.2) is 130 Å². The molecule has 0 bridgehead atoms. The van der Waals surface area contributed by atoms with E-state index in [1.54, 1.807) is 6.07 Å². The highest BCUT2D eigenvalue weighted by Gasteiger charge is 2.50. The molecule has 1 aliphatic heterocycles. The molecule has 0 aromatic carbocycles. The number of aliphatic hydroxyl groups is 2. The number of carbonyl (C=O) groups excluding carboxylic acids is 3. The lowest BCUT2D eigenvalue weighted by Crippen LogP contribution is -2.66. The van der Waals surface area contributed by atoms with Crippen LogP contribution in [-0.2, 0) is 51.8 Å². The Labute approximate surface area is 276 Å². The summed E-state index contributed by atoms with van der Waals surface area (Å²) in [5, 5.41) is 54.8. The third-order valence-corrected chi connectivity index (χ3v) is 7.78. The molecular weight excluding hydrogens is 667 g/mol. The van der Waals surface area contributed by atoms with E-state index in [2.05, 4.69) is 16.0 Å². The van der Waals surface area contributed by atoms with Crippen LogP contribution < -0.4 is 16.0 Å².